The summed E-state index contributed by atoms with van der Waals surface area (Å²) in [5.74, 6) is 1.05. The average Bonchev–Trinajstić information content (AvgIpc) is 3.03. The van der Waals surface area contributed by atoms with Gasteiger partial charge in [0.25, 0.3) is 5.56 Å². The maximum absolute atomic E-state index is 11.6. The molecule has 0 unspecified atom stereocenters. The van der Waals surface area contributed by atoms with E-state index in [1.165, 1.54) is 36.3 Å². The highest BCUT2D eigenvalue weighted by Crippen LogP contribution is 2.62. The Morgan fingerprint density at radius 3 is 2.62 bits per heavy atom. The van der Waals surface area contributed by atoms with Gasteiger partial charge in [0.2, 0.25) is 0 Å². The van der Waals surface area contributed by atoms with Gasteiger partial charge >= 0.3 is 5.69 Å². The molecular weight excluding hydrogens is 206 g/mol. The Balaban J connectivity index is 1.95. The van der Waals surface area contributed by atoms with Crippen LogP contribution in [-0.2, 0) is 6.54 Å². The second-order valence-corrected chi connectivity index (χ2v) is 5.09. The summed E-state index contributed by atoms with van der Waals surface area (Å²) in [6.07, 6.45) is 4.92. The number of hydrogen-bond acceptors (Lipinski definition) is 3. The third kappa shape index (κ3) is 1.47. The monoisotopic (exact) mass is 221 g/mol. The standard InChI is InChI=1S/C11H15N3O2/c12-8-5-9(15)13-10(16)14(8)6-11(3-4-11)7-1-2-7/h5,7H,1-4,6,12H2,(H,13,15,16). The third-order valence-corrected chi connectivity index (χ3v) is 3.87. The minimum atomic E-state index is -0.421. The van der Waals surface area contributed by atoms with Crippen LogP contribution >= 0.6 is 0 Å². The molecule has 0 saturated heterocycles. The molecule has 0 aliphatic heterocycles. The fourth-order valence-electron chi connectivity index (χ4n) is 2.57. The maximum atomic E-state index is 11.6. The van der Waals surface area contributed by atoms with E-state index in [9.17, 15) is 9.59 Å². The summed E-state index contributed by atoms with van der Waals surface area (Å²) in [6.45, 7) is 0.666. The molecule has 2 aliphatic rings. The fourth-order valence-corrected chi connectivity index (χ4v) is 2.57. The molecule has 86 valence electrons. The highest BCUT2D eigenvalue weighted by atomic mass is 16.2. The number of nitrogens with zero attached hydrogens (tertiary/aromatic N) is 1. The molecule has 5 nitrogen and oxygen atoms in total. The number of aromatic amines is 1. The molecule has 2 saturated carbocycles. The molecule has 3 rings (SSSR count). The van der Waals surface area contributed by atoms with Gasteiger partial charge in [0, 0.05) is 12.6 Å². The molecular formula is C11H15N3O2. The summed E-state index contributed by atoms with van der Waals surface area (Å²) in [5.41, 5.74) is 5.22. The lowest BCUT2D eigenvalue weighted by atomic mass is 10.0. The Bertz CT molecular complexity index is 535. The van der Waals surface area contributed by atoms with Gasteiger partial charge in [-0.25, -0.2) is 4.79 Å². The van der Waals surface area contributed by atoms with Gasteiger partial charge in [-0.15, -0.1) is 0 Å². The number of nitrogens with one attached hydrogen (secondary N) is 1. The first kappa shape index (κ1) is 9.69. The van der Waals surface area contributed by atoms with Crippen molar-refractivity contribution in [2.75, 3.05) is 5.73 Å². The van der Waals surface area contributed by atoms with E-state index in [1.807, 2.05) is 0 Å². The van der Waals surface area contributed by atoms with Crippen molar-refractivity contribution in [1.29, 1.82) is 0 Å². The van der Waals surface area contributed by atoms with Crippen LogP contribution in [0.5, 0.6) is 0 Å². The van der Waals surface area contributed by atoms with Crippen LogP contribution in [-0.4, -0.2) is 9.55 Å². The second-order valence-electron chi connectivity index (χ2n) is 5.09. The summed E-state index contributed by atoms with van der Waals surface area (Å²) in [4.78, 5) is 24.9. The minimum Gasteiger partial charge on any atom is -0.385 e. The molecule has 2 aliphatic carbocycles. The highest BCUT2D eigenvalue weighted by Gasteiger charge is 2.54. The second kappa shape index (κ2) is 2.99. The van der Waals surface area contributed by atoms with E-state index in [4.69, 9.17) is 5.73 Å². The summed E-state index contributed by atoms with van der Waals surface area (Å²) < 4.78 is 1.51. The molecule has 16 heavy (non-hydrogen) atoms. The number of hydrogen-bond donors (Lipinski definition) is 2. The van der Waals surface area contributed by atoms with E-state index in [2.05, 4.69) is 4.98 Å². The SMILES string of the molecule is Nc1cc(=O)[nH]c(=O)n1CC1(C2CC2)CC1. The van der Waals surface area contributed by atoms with Crippen LogP contribution in [0.15, 0.2) is 15.7 Å². The molecule has 2 fully saturated rings. The normalized spacial score (nSPS) is 22.0. The van der Waals surface area contributed by atoms with Gasteiger partial charge in [0.1, 0.15) is 5.82 Å². The summed E-state index contributed by atoms with van der Waals surface area (Å²) in [6, 6.07) is 1.28. The number of rotatable bonds is 3. The quantitative estimate of drug-likeness (QED) is 0.770. The van der Waals surface area contributed by atoms with Gasteiger partial charge in [-0.3, -0.25) is 14.3 Å². The lowest BCUT2D eigenvalue weighted by molar-refractivity contribution is 0.364. The first-order valence-corrected chi connectivity index (χ1v) is 5.70. The van der Waals surface area contributed by atoms with Crippen LogP contribution in [0.2, 0.25) is 0 Å². The van der Waals surface area contributed by atoms with Crippen molar-refractivity contribution in [2.45, 2.75) is 32.2 Å². The van der Waals surface area contributed by atoms with Gasteiger partial charge in [-0.1, -0.05) is 0 Å². The molecule has 3 N–H and O–H groups in total. The Labute approximate surface area is 92.3 Å². The van der Waals surface area contributed by atoms with Crippen LogP contribution in [0.3, 0.4) is 0 Å². The largest absolute Gasteiger partial charge is 0.385 e. The highest BCUT2D eigenvalue weighted by molar-refractivity contribution is 5.27. The van der Waals surface area contributed by atoms with E-state index < -0.39 is 5.56 Å². The van der Waals surface area contributed by atoms with E-state index in [0.717, 1.165) is 5.92 Å². The van der Waals surface area contributed by atoms with Crippen molar-refractivity contribution in [2.24, 2.45) is 11.3 Å². The third-order valence-electron chi connectivity index (χ3n) is 3.87. The first-order valence-electron chi connectivity index (χ1n) is 5.70. The topological polar surface area (TPSA) is 80.9 Å². The van der Waals surface area contributed by atoms with Crippen LogP contribution in [0.1, 0.15) is 25.7 Å². The number of nitrogen functional groups attached to an aromatic ring is 1. The Hall–Kier alpha value is -1.52. The Morgan fingerprint density at radius 2 is 2.12 bits per heavy atom. The summed E-state index contributed by atoms with van der Waals surface area (Å²) >= 11 is 0. The predicted molar refractivity (Wildman–Crippen MR) is 60.1 cm³/mol. The molecule has 0 amide bonds. The summed E-state index contributed by atoms with van der Waals surface area (Å²) in [5, 5.41) is 0. The smallest absolute Gasteiger partial charge is 0.329 e. The van der Waals surface area contributed by atoms with Crippen molar-refractivity contribution in [3.8, 4) is 0 Å². The van der Waals surface area contributed by atoms with Gasteiger partial charge < -0.3 is 5.73 Å². The fraction of sp³-hybridized carbons (Fsp3) is 0.636. The van der Waals surface area contributed by atoms with Crippen LogP contribution in [0, 0.1) is 11.3 Å². The van der Waals surface area contributed by atoms with Gasteiger partial charge in [0.15, 0.2) is 0 Å². The molecule has 0 spiro atoms. The van der Waals surface area contributed by atoms with Crippen molar-refractivity contribution in [3.63, 3.8) is 0 Å². The zero-order valence-electron chi connectivity index (χ0n) is 9.03. The van der Waals surface area contributed by atoms with E-state index in [1.54, 1.807) is 0 Å². The van der Waals surface area contributed by atoms with Gasteiger partial charge in [-0.2, -0.15) is 0 Å². The van der Waals surface area contributed by atoms with Crippen LogP contribution < -0.4 is 17.0 Å². The van der Waals surface area contributed by atoms with E-state index >= 15 is 0 Å². The van der Waals surface area contributed by atoms with E-state index in [-0.39, 0.29) is 11.5 Å². The van der Waals surface area contributed by atoms with Crippen molar-refractivity contribution < 1.29 is 0 Å². The molecule has 0 radical (unpaired) electrons. The molecule has 1 aromatic heterocycles. The molecule has 1 aromatic rings. The molecule has 1 heterocycles. The molecule has 5 heteroatoms. The number of H-pyrrole nitrogens is 1. The number of anilines is 1. The van der Waals surface area contributed by atoms with Crippen LogP contribution in [0.25, 0.3) is 0 Å². The molecule has 0 aromatic carbocycles. The van der Waals surface area contributed by atoms with Crippen molar-refractivity contribution >= 4 is 5.82 Å². The van der Waals surface area contributed by atoms with Crippen molar-refractivity contribution in [3.05, 3.63) is 26.9 Å². The average molecular weight is 221 g/mol. The van der Waals surface area contributed by atoms with Crippen molar-refractivity contribution in [1.82, 2.24) is 9.55 Å². The maximum Gasteiger partial charge on any atom is 0.329 e. The number of nitrogens with two attached hydrogens (primary N) is 1. The summed E-state index contributed by atoms with van der Waals surface area (Å²) in [7, 11) is 0. The molecule has 0 atom stereocenters. The predicted octanol–water partition coefficient (Wildman–Crippen LogP) is 0.309. The van der Waals surface area contributed by atoms with Gasteiger partial charge in [0.05, 0.1) is 0 Å². The zero-order chi connectivity index (χ0) is 11.3. The number of aromatic nitrogens is 2. The molecule has 0 bridgehead atoms. The zero-order valence-corrected chi connectivity index (χ0v) is 9.03. The minimum absolute atomic E-state index is 0.278. The lowest BCUT2D eigenvalue weighted by Crippen LogP contribution is -2.34. The first-order chi connectivity index (χ1) is 7.61. The Kier molecular flexibility index (Phi) is 1.81. The Morgan fingerprint density at radius 1 is 1.44 bits per heavy atom. The van der Waals surface area contributed by atoms with E-state index in [0.29, 0.717) is 12.0 Å². The van der Waals surface area contributed by atoms with Crippen LogP contribution in [0.4, 0.5) is 5.82 Å². The lowest BCUT2D eigenvalue weighted by Gasteiger charge is -2.16. The van der Waals surface area contributed by atoms with Gasteiger partial charge in [-0.05, 0) is 37.0 Å².